The van der Waals surface area contributed by atoms with Gasteiger partial charge in [0.1, 0.15) is 11.5 Å². The fraction of sp³-hybridized carbons (Fsp3) is 0.102. The molecular formula is C49H38N4OPd. The topological polar surface area (TPSA) is 44.9 Å². The Hall–Kier alpha value is -6.06. The van der Waals surface area contributed by atoms with Crippen molar-refractivity contribution in [3.8, 4) is 56.6 Å². The second-order valence-electron chi connectivity index (χ2n) is 14.7. The molecule has 0 aliphatic heterocycles. The summed E-state index contributed by atoms with van der Waals surface area (Å²) in [6.45, 7) is 8.81. The van der Waals surface area contributed by atoms with Gasteiger partial charge in [-0.3, -0.25) is 4.68 Å². The summed E-state index contributed by atoms with van der Waals surface area (Å²) in [5, 5.41) is 7.57. The predicted octanol–water partition coefficient (Wildman–Crippen LogP) is 12.4. The molecule has 55 heavy (non-hydrogen) atoms. The third kappa shape index (κ3) is 6.81. The quantitative estimate of drug-likeness (QED) is 0.119. The molecule has 270 valence electrons. The van der Waals surface area contributed by atoms with E-state index in [-0.39, 0.29) is 25.8 Å². The Morgan fingerprint density at radius 2 is 1.31 bits per heavy atom. The molecule has 0 bridgehead atoms. The number of para-hydroxylation sites is 1. The van der Waals surface area contributed by atoms with E-state index >= 15 is 0 Å². The van der Waals surface area contributed by atoms with Gasteiger partial charge < -0.3 is 9.30 Å². The zero-order valence-electron chi connectivity index (χ0n) is 31.0. The van der Waals surface area contributed by atoms with Gasteiger partial charge in [-0.25, -0.2) is 4.98 Å². The predicted molar refractivity (Wildman–Crippen MR) is 220 cm³/mol. The molecular weight excluding hydrogens is 767 g/mol. The molecule has 6 aromatic carbocycles. The van der Waals surface area contributed by atoms with Crippen LogP contribution in [0.25, 0.3) is 67.0 Å². The maximum atomic E-state index is 6.57. The average Bonchev–Trinajstić information content (AvgIpc) is 3.75. The Bertz CT molecular complexity index is 2780. The Balaban J connectivity index is 0.00000427. The fourth-order valence-corrected chi connectivity index (χ4v) is 7.22. The SMILES string of the molecule is Cc1ccnc(-n2c3[c-]c(Oc4[c-]c(-n5nc(-c6ccccc6)c(-c6ccc(C(C)(C)C)cc6)c5-c5ccccc5)ccc4)ccc3c3ccccc32)c1.[Pd+2]. The first-order valence-corrected chi connectivity index (χ1v) is 18.3. The van der Waals surface area contributed by atoms with Crippen molar-refractivity contribution in [3.63, 3.8) is 0 Å². The second kappa shape index (κ2) is 14.6. The summed E-state index contributed by atoms with van der Waals surface area (Å²) in [5.74, 6) is 1.99. The number of hydrogen-bond donors (Lipinski definition) is 0. The number of rotatable bonds is 7. The van der Waals surface area contributed by atoms with E-state index in [4.69, 9.17) is 14.8 Å². The van der Waals surface area contributed by atoms with E-state index < -0.39 is 0 Å². The summed E-state index contributed by atoms with van der Waals surface area (Å²) in [4.78, 5) is 4.73. The number of ether oxygens (including phenoxy) is 1. The first kappa shape index (κ1) is 35.9. The van der Waals surface area contributed by atoms with Crippen LogP contribution in [0.3, 0.4) is 0 Å². The molecule has 0 aliphatic rings. The standard InChI is InChI=1S/C49H38N4O.Pd/c1-33-28-29-50-45(30-33)52-43-21-12-11-20-41(43)42-27-26-40(32-44(42)52)54-39-19-13-18-38(31-39)53-48(36-16-9-6-10-17-36)46(47(51-53)35-14-7-5-8-15-35)34-22-24-37(25-23-34)49(2,3)4;/h5-30H,1-4H3;/q-2;+2. The maximum Gasteiger partial charge on any atom is 2.00 e. The van der Waals surface area contributed by atoms with Crippen molar-refractivity contribution in [2.75, 3.05) is 0 Å². The zero-order valence-corrected chi connectivity index (χ0v) is 32.6. The largest absolute Gasteiger partial charge is 2.00 e. The van der Waals surface area contributed by atoms with Gasteiger partial charge in [0.15, 0.2) is 0 Å². The van der Waals surface area contributed by atoms with Gasteiger partial charge in [0, 0.05) is 39.9 Å². The average molecular weight is 805 g/mol. The van der Waals surface area contributed by atoms with Crippen molar-refractivity contribution < 1.29 is 25.2 Å². The molecule has 0 spiro atoms. The van der Waals surface area contributed by atoms with Crippen LogP contribution < -0.4 is 4.74 Å². The minimum absolute atomic E-state index is 0. The molecule has 0 radical (unpaired) electrons. The second-order valence-corrected chi connectivity index (χ2v) is 14.7. The van der Waals surface area contributed by atoms with E-state index in [9.17, 15) is 0 Å². The fourth-order valence-electron chi connectivity index (χ4n) is 7.22. The van der Waals surface area contributed by atoms with Crippen LogP contribution in [0.15, 0.2) is 158 Å². The van der Waals surface area contributed by atoms with Gasteiger partial charge in [0.2, 0.25) is 0 Å². The Morgan fingerprint density at radius 1 is 0.618 bits per heavy atom. The van der Waals surface area contributed by atoms with Crippen molar-refractivity contribution in [2.24, 2.45) is 0 Å². The van der Waals surface area contributed by atoms with Crippen molar-refractivity contribution in [1.82, 2.24) is 19.3 Å². The molecule has 3 aromatic heterocycles. The maximum absolute atomic E-state index is 6.57. The van der Waals surface area contributed by atoms with Gasteiger partial charge >= 0.3 is 20.4 Å². The van der Waals surface area contributed by atoms with Gasteiger partial charge in [0.25, 0.3) is 0 Å². The molecule has 0 saturated carbocycles. The molecule has 0 unspecified atom stereocenters. The third-order valence-electron chi connectivity index (χ3n) is 9.91. The molecule has 3 heterocycles. The molecule has 0 amide bonds. The number of aromatic nitrogens is 4. The van der Waals surface area contributed by atoms with Gasteiger partial charge in [-0.2, -0.15) is 17.2 Å². The van der Waals surface area contributed by atoms with Crippen LogP contribution in [-0.2, 0) is 25.8 Å². The van der Waals surface area contributed by atoms with Gasteiger partial charge in [-0.15, -0.1) is 35.7 Å². The number of nitrogens with zero attached hydrogens (tertiary/aromatic N) is 4. The normalized spacial score (nSPS) is 11.5. The molecule has 9 aromatic rings. The number of benzene rings is 6. The molecule has 0 fully saturated rings. The summed E-state index contributed by atoms with van der Waals surface area (Å²) in [6.07, 6.45) is 1.85. The molecule has 0 aliphatic carbocycles. The first-order valence-electron chi connectivity index (χ1n) is 18.3. The van der Waals surface area contributed by atoms with Crippen LogP contribution in [-0.4, -0.2) is 19.3 Å². The summed E-state index contributed by atoms with van der Waals surface area (Å²) in [6, 6.07) is 59.4. The van der Waals surface area contributed by atoms with Gasteiger partial charge in [-0.1, -0.05) is 129 Å². The van der Waals surface area contributed by atoms with Crippen LogP contribution in [0.4, 0.5) is 0 Å². The number of pyridine rings is 1. The van der Waals surface area contributed by atoms with Crippen LogP contribution in [0.1, 0.15) is 31.9 Å². The summed E-state index contributed by atoms with van der Waals surface area (Å²) in [7, 11) is 0. The molecule has 5 nitrogen and oxygen atoms in total. The number of fused-ring (bicyclic) bond motifs is 3. The summed E-state index contributed by atoms with van der Waals surface area (Å²) >= 11 is 0. The first-order chi connectivity index (χ1) is 26.3. The van der Waals surface area contributed by atoms with Crippen molar-refractivity contribution in [1.29, 1.82) is 0 Å². The molecule has 0 saturated heterocycles. The Labute approximate surface area is 335 Å². The Kier molecular flexibility index (Phi) is 9.57. The molecule has 0 atom stereocenters. The van der Waals surface area contributed by atoms with Crippen molar-refractivity contribution in [2.45, 2.75) is 33.1 Å². The van der Waals surface area contributed by atoms with Crippen LogP contribution >= 0.6 is 0 Å². The minimum Gasteiger partial charge on any atom is -0.509 e. The number of aryl methyl sites for hydroxylation is 1. The van der Waals surface area contributed by atoms with E-state index in [1.165, 1.54) is 5.56 Å². The molecule has 6 heteroatoms. The van der Waals surface area contributed by atoms with E-state index in [0.29, 0.717) is 11.5 Å². The third-order valence-corrected chi connectivity index (χ3v) is 9.91. The van der Waals surface area contributed by atoms with E-state index in [0.717, 1.165) is 72.5 Å². The van der Waals surface area contributed by atoms with Crippen molar-refractivity contribution >= 4 is 21.8 Å². The van der Waals surface area contributed by atoms with Gasteiger partial charge in [0.05, 0.1) is 5.69 Å². The van der Waals surface area contributed by atoms with Gasteiger partial charge in [-0.05, 0) is 58.3 Å². The van der Waals surface area contributed by atoms with Crippen LogP contribution in [0.2, 0.25) is 0 Å². The monoisotopic (exact) mass is 804 g/mol. The minimum atomic E-state index is 0. The number of hydrogen-bond acceptors (Lipinski definition) is 3. The summed E-state index contributed by atoms with van der Waals surface area (Å²) < 4.78 is 10.7. The molecule has 9 rings (SSSR count). The van der Waals surface area contributed by atoms with E-state index in [2.05, 4.69) is 154 Å². The van der Waals surface area contributed by atoms with Crippen LogP contribution in [0, 0.1) is 19.1 Å². The molecule has 0 N–H and O–H groups in total. The Morgan fingerprint density at radius 3 is 2.04 bits per heavy atom. The van der Waals surface area contributed by atoms with E-state index in [1.807, 2.05) is 53.3 Å². The smallest absolute Gasteiger partial charge is 0.509 e. The summed E-state index contributed by atoms with van der Waals surface area (Å²) in [5.41, 5.74) is 11.3. The van der Waals surface area contributed by atoms with E-state index in [1.54, 1.807) is 0 Å². The van der Waals surface area contributed by atoms with Crippen molar-refractivity contribution in [3.05, 3.63) is 181 Å². The van der Waals surface area contributed by atoms with Crippen LogP contribution in [0.5, 0.6) is 11.5 Å². The zero-order chi connectivity index (χ0) is 36.8.